The van der Waals surface area contributed by atoms with Crippen LogP contribution in [0.5, 0.6) is 0 Å². The summed E-state index contributed by atoms with van der Waals surface area (Å²) in [7, 11) is 0. The van der Waals surface area contributed by atoms with Gasteiger partial charge in [-0.05, 0) is 31.0 Å². The first-order valence-electron chi connectivity index (χ1n) is 7.59. The highest BCUT2D eigenvalue weighted by Crippen LogP contribution is 2.31. The molecule has 0 atom stereocenters. The fraction of sp³-hybridized carbons (Fsp3) is 0.312. The number of benzene rings is 1. The summed E-state index contributed by atoms with van der Waals surface area (Å²) in [5.74, 6) is 0.189. The molecule has 0 aliphatic carbocycles. The van der Waals surface area contributed by atoms with Crippen molar-refractivity contribution in [1.82, 2.24) is 15.0 Å². The number of nitrogens with one attached hydrogen (secondary N) is 1. The van der Waals surface area contributed by atoms with Crippen LogP contribution in [0.1, 0.15) is 12.8 Å². The van der Waals surface area contributed by atoms with Crippen LogP contribution in [-0.4, -0.2) is 33.9 Å². The summed E-state index contributed by atoms with van der Waals surface area (Å²) in [6.07, 6.45) is 2.93. The SMILES string of the molecule is NC(=O)C1CCN(c2ncnc3c2[nH]c2ccc(F)cc23)CC1. The molecule has 0 bridgehead atoms. The predicted octanol–water partition coefficient (Wildman–Crippen LogP) is 1.95. The summed E-state index contributed by atoms with van der Waals surface area (Å²) < 4.78 is 13.5. The number of anilines is 1. The number of nitrogens with zero attached hydrogens (tertiary/aromatic N) is 3. The van der Waals surface area contributed by atoms with E-state index in [9.17, 15) is 9.18 Å². The molecule has 3 heterocycles. The molecule has 23 heavy (non-hydrogen) atoms. The second-order valence-electron chi connectivity index (χ2n) is 5.90. The molecule has 1 saturated heterocycles. The zero-order valence-electron chi connectivity index (χ0n) is 12.4. The monoisotopic (exact) mass is 313 g/mol. The standard InChI is InChI=1S/C16H16FN5O/c17-10-1-2-12-11(7-10)13-14(21-12)16(20-8-19-13)22-5-3-9(4-6-22)15(18)23/h1-2,7-9,21H,3-6H2,(H2,18,23). The molecule has 3 N–H and O–H groups in total. The normalized spacial score (nSPS) is 16.3. The lowest BCUT2D eigenvalue weighted by Gasteiger charge is -2.31. The van der Waals surface area contributed by atoms with E-state index in [2.05, 4.69) is 19.9 Å². The molecule has 1 aliphatic heterocycles. The Hall–Kier alpha value is -2.70. The molecule has 3 aromatic rings. The van der Waals surface area contributed by atoms with Crippen molar-refractivity contribution < 1.29 is 9.18 Å². The van der Waals surface area contributed by atoms with Gasteiger partial charge in [0.1, 0.15) is 23.2 Å². The molecule has 0 radical (unpaired) electrons. The van der Waals surface area contributed by atoms with Crippen LogP contribution in [0.15, 0.2) is 24.5 Å². The highest BCUT2D eigenvalue weighted by molar-refractivity contribution is 6.08. The molecule has 0 spiro atoms. The number of carbonyl (C=O) groups is 1. The van der Waals surface area contributed by atoms with Gasteiger partial charge in [0.15, 0.2) is 5.82 Å². The number of aromatic amines is 1. The lowest BCUT2D eigenvalue weighted by Crippen LogP contribution is -2.39. The van der Waals surface area contributed by atoms with Gasteiger partial charge in [-0.3, -0.25) is 4.79 Å². The Morgan fingerprint density at radius 2 is 2.09 bits per heavy atom. The van der Waals surface area contributed by atoms with E-state index >= 15 is 0 Å². The number of halogens is 1. The maximum absolute atomic E-state index is 13.5. The number of rotatable bonds is 2. The van der Waals surface area contributed by atoms with Crippen molar-refractivity contribution in [2.75, 3.05) is 18.0 Å². The molecule has 6 nitrogen and oxygen atoms in total. The minimum Gasteiger partial charge on any atom is -0.369 e. The van der Waals surface area contributed by atoms with Crippen LogP contribution >= 0.6 is 0 Å². The van der Waals surface area contributed by atoms with Gasteiger partial charge in [0, 0.05) is 29.9 Å². The summed E-state index contributed by atoms with van der Waals surface area (Å²) in [4.78, 5) is 25.4. The predicted molar refractivity (Wildman–Crippen MR) is 85.5 cm³/mol. The Kier molecular flexibility index (Phi) is 3.14. The van der Waals surface area contributed by atoms with Crippen molar-refractivity contribution in [3.05, 3.63) is 30.3 Å². The summed E-state index contributed by atoms with van der Waals surface area (Å²) in [6, 6.07) is 4.60. The third-order valence-electron chi connectivity index (χ3n) is 4.52. The Morgan fingerprint density at radius 1 is 1.30 bits per heavy atom. The zero-order chi connectivity index (χ0) is 16.0. The number of aromatic nitrogens is 3. The molecule has 7 heteroatoms. The van der Waals surface area contributed by atoms with Crippen molar-refractivity contribution >= 4 is 33.7 Å². The Balaban J connectivity index is 1.76. The summed E-state index contributed by atoms with van der Waals surface area (Å²) in [5.41, 5.74) is 7.72. The third kappa shape index (κ3) is 2.28. The van der Waals surface area contributed by atoms with E-state index in [4.69, 9.17) is 5.73 Å². The average molecular weight is 313 g/mol. The molecule has 2 aromatic heterocycles. The minimum absolute atomic E-state index is 0.0691. The third-order valence-corrected chi connectivity index (χ3v) is 4.52. The molecule has 0 unspecified atom stereocenters. The molecule has 4 rings (SSSR count). The van der Waals surface area contributed by atoms with Gasteiger partial charge < -0.3 is 15.6 Å². The largest absolute Gasteiger partial charge is 0.369 e. The summed E-state index contributed by atoms with van der Waals surface area (Å²) in [6.45, 7) is 1.42. The van der Waals surface area contributed by atoms with Crippen molar-refractivity contribution in [1.29, 1.82) is 0 Å². The number of H-pyrrole nitrogens is 1. The van der Waals surface area contributed by atoms with E-state index in [0.29, 0.717) is 18.6 Å². The van der Waals surface area contributed by atoms with Crippen LogP contribution < -0.4 is 10.6 Å². The zero-order valence-corrected chi connectivity index (χ0v) is 12.4. The Bertz CT molecular complexity index is 898. The molecule has 1 aromatic carbocycles. The highest BCUT2D eigenvalue weighted by atomic mass is 19.1. The molecule has 1 amide bonds. The van der Waals surface area contributed by atoms with Gasteiger partial charge in [-0.1, -0.05) is 0 Å². The van der Waals surface area contributed by atoms with Crippen LogP contribution in [0.2, 0.25) is 0 Å². The molecule has 118 valence electrons. The highest BCUT2D eigenvalue weighted by Gasteiger charge is 2.25. The van der Waals surface area contributed by atoms with Crippen LogP contribution in [-0.2, 0) is 4.79 Å². The van der Waals surface area contributed by atoms with Gasteiger partial charge in [-0.25, -0.2) is 14.4 Å². The van der Waals surface area contributed by atoms with E-state index in [-0.39, 0.29) is 17.6 Å². The number of piperidine rings is 1. The minimum atomic E-state index is -0.291. The van der Waals surface area contributed by atoms with E-state index in [1.165, 1.54) is 18.5 Å². The summed E-state index contributed by atoms with van der Waals surface area (Å²) >= 11 is 0. The smallest absolute Gasteiger partial charge is 0.220 e. The second-order valence-corrected chi connectivity index (χ2v) is 5.90. The first kappa shape index (κ1) is 13.9. The van der Waals surface area contributed by atoms with E-state index in [0.717, 1.165) is 35.1 Å². The van der Waals surface area contributed by atoms with Gasteiger partial charge in [0.25, 0.3) is 0 Å². The van der Waals surface area contributed by atoms with Gasteiger partial charge in [0.2, 0.25) is 5.91 Å². The van der Waals surface area contributed by atoms with Gasteiger partial charge in [-0.15, -0.1) is 0 Å². The van der Waals surface area contributed by atoms with Crippen LogP contribution in [0.4, 0.5) is 10.2 Å². The Labute approximate surface area is 131 Å². The van der Waals surface area contributed by atoms with Crippen molar-refractivity contribution in [3.8, 4) is 0 Å². The first-order valence-corrected chi connectivity index (χ1v) is 7.59. The lowest BCUT2D eigenvalue weighted by atomic mass is 9.96. The fourth-order valence-electron chi connectivity index (χ4n) is 3.27. The number of hydrogen-bond donors (Lipinski definition) is 2. The molecule has 0 saturated carbocycles. The van der Waals surface area contributed by atoms with Gasteiger partial charge >= 0.3 is 0 Å². The van der Waals surface area contributed by atoms with E-state index in [1.807, 2.05) is 0 Å². The first-order chi connectivity index (χ1) is 11.1. The Morgan fingerprint density at radius 3 is 2.83 bits per heavy atom. The molecule has 1 fully saturated rings. The van der Waals surface area contributed by atoms with Crippen molar-refractivity contribution in [2.24, 2.45) is 11.7 Å². The van der Waals surface area contributed by atoms with Crippen LogP contribution in [0.25, 0.3) is 21.9 Å². The van der Waals surface area contributed by atoms with E-state index < -0.39 is 0 Å². The maximum atomic E-state index is 13.5. The number of amides is 1. The van der Waals surface area contributed by atoms with Gasteiger partial charge in [0.05, 0.1) is 0 Å². The number of hydrogen-bond acceptors (Lipinski definition) is 4. The second kappa shape index (κ2) is 5.19. The molecular weight excluding hydrogens is 297 g/mol. The van der Waals surface area contributed by atoms with Crippen molar-refractivity contribution in [3.63, 3.8) is 0 Å². The maximum Gasteiger partial charge on any atom is 0.220 e. The van der Waals surface area contributed by atoms with E-state index in [1.54, 1.807) is 6.07 Å². The molecular formula is C16H16FN5O. The number of carbonyl (C=O) groups excluding carboxylic acids is 1. The number of nitrogens with two attached hydrogens (primary N) is 1. The topological polar surface area (TPSA) is 87.9 Å². The van der Waals surface area contributed by atoms with Crippen LogP contribution in [0, 0.1) is 11.7 Å². The lowest BCUT2D eigenvalue weighted by molar-refractivity contribution is -0.122. The quantitative estimate of drug-likeness (QED) is 0.757. The van der Waals surface area contributed by atoms with Crippen LogP contribution in [0.3, 0.4) is 0 Å². The number of primary amides is 1. The average Bonchev–Trinajstić information content (AvgIpc) is 2.93. The van der Waals surface area contributed by atoms with Crippen molar-refractivity contribution in [2.45, 2.75) is 12.8 Å². The summed E-state index contributed by atoms with van der Waals surface area (Å²) in [5, 5.41) is 0.746. The number of fused-ring (bicyclic) bond motifs is 3. The molecule has 1 aliphatic rings. The fourth-order valence-corrected chi connectivity index (χ4v) is 3.27. The van der Waals surface area contributed by atoms with Gasteiger partial charge in [-0.2, -0.15) is 0 Å².